The molecule has 2 heteroatoms. The second kappa shape index (κ2) is 17.4. The number of hydrogen-bond donors (Lipinski definition) is 0. The van der Waals surface area contributed by atoms with Gasteiger partial charge in [-0.1, -0.05) is 104 Å². The Morgan fingerprint density at radius 3 is 1.52 bits per heavy atom. The zero-order valence-electron chi connectivity index (χ0n) is 20.7. The molecule has 1 aliphatic carbocycles. The van der Waals surface area contributed by atoms with Crippen molar-refractivity contribution in [3.63, 3.8) is 0 Å². The van der Waals surface area contributed by atoms with Gasteiger partial charge in [0.05, 0.1) is 13.2 Å². The van der Waals surface area contributed by atoms with Crippen LogP contribution in [0.15, 0.2) is 24.3 Å². The summed E-state index contributed by atoms with van der Waals surface area (Å²) < 4.78 is 11.9. The van der Waals surface area contributed by atoms with Gasteiger partial charge in [0.15, 0.2) is 0 Å². The highest BCUT2D eigenvalue weighted by Gasteiger charge is 2.20. The molecule has 0 radical (unpaired) electrons. The van der Waals surface area contributed by atoms with Crippen LogP contribution >= 0.6 is 0 Å². The third kappa shape index (κ3) is 12.4. The zero-order valence-corrected chi connectivity index (χ0v) is 20.7. The van der Waals surface area contributed by atoms with Gasteiger partial charge < -0.3 is 9.47 Å². The lowest BCUT2D eigenvalue weighted by Crippen LogP contribution is -2.15. The highest BCUT2D eigenvalue weighted by atomic mass is 16.5. The molecule has 0 spiro atoms. The van der Waals surface area contributed by atoms with Crippen LogP contribution in [0.2, 0.25) is 0 Å². The predicted molar refractivity (Wildman–Crippen MR) is 134 cm³/mol. The van der Waals surface area contributed by atoms with Crippen LogP contribution < -0.4 is 9.47 Å². The van der Waals surface area contributed by atoms with Gasteiger partial charge in [0, 0.05) is 0 Å². The number of rotatable bonds is 18. The summed E-state index contributed by atoms with van der Waals surface area (Å²) in [4.78, 5) is 0. The van der Waals surface area contributed by atoms with Gasteiger partial charge in [-0.2, -0.15) is 0 Å². The average Bonchev–Trinajstić information content (AvgIpc) is 2.80. The standard InChI is InChI=1S/C29H50O2/c1-3-5-7-8-9-10-12-24-30-28-20-22-29(23-21-28)31-25-13-15-27-18-16-26(17-19-27)14-11-6-4-2/h20-23,26-27H,3-19,24-25H2,1-2H3/t26-,27-. The maximum absolute atomic E-state index is 5.97. The SMILES string of the molecule is CCCCCCCCCOc1ccc(OCCC[C@H]2CC[C@H](CCCCC)CC2)cc1. The maximum Gasteiger partial charge on any atom is 0.119 e. The summed E-state index contributed by atoms with van der Waals surface area (Å²) in [5.74, 6) is 3.90. The highest BCUT2D eigenvalue weighted by molar-refractivity contribution is 5.31. The molecule has 1 saturated carbocycles. The Bertz CT molecular complexity index is 516. The van der Waals surface area contributed by atoms with Crippen LogP contribution in [0.5, 0.6) is 11.5 Å². The van der Waals surface area contributed by atoms with Crippen LogP contribution in [-0.2, 0) is 0 Å². The fourth-order valence-corrected chi connectivity index (χ4v) is 4.94. The van der Waals surface area contributed by atoms with Crippen LogP contribution in [0.25, 0.3) is 0 Å². The van der Waals surface area contributed by atoms with E-state index in [4.69, 9.17) is 9.47 Å². The van der Waals surface area contributed by atoms with E-state index in [9.17, 15) is 0 Å². The summed E-state index contributed by atoms with van der Waals surface area (Å²) in [5, 5.41) is 0. The number of benzene rings is 1. The third-order valence-corrected chi connectivity index (χ3v) is 7.05. The monoisotopic (exact) mass is 430 g/mol. The lowest BCUT2D eigenvalue weighted by atomic mass is 9.78. The molecule has 1 aromatic carbocycles. The molecule has 0 saturated heterocycles. The predicted octanol–water partition coefficient (Wildman–Crippen LogP) is 9.36. The Hall–Kier alpha value is -1.18. The Kier molecular flexibility index (Phi) is 14.6. The molecule has 0 heterocycles. The first-order valence-corrected chi connectivity index (χ1v) is 13.7. The molecule has 2 rings (SSSR count). The molecule has 0 N–H and O–H groups in total. The molecule has 1 aliphatic rings. The van der Waals surface area contributed by atoms with E-state index in [1.807, 2.05) is 0 Å². The second-order valence-corrected chi connectivity index (χ2v) is 9.81. The van der Waals surface area contributed by atoms with Crippen molar-refractivity contribution in [1.82, 2.24) is 0 Å². The minimum absolute atomic E-state index is 0.828. The van der Waals surface area contributed by atoms with Crippen LogP contribution in [0.1, 0.15) is 123 Å². The number of hydrogen-bond acceptors (Lipinski definition) is 2. The molecule has 31 heavy (non-hydrogen) atoms. The first-order chi connectivity index (χ1) is 15.3. The van der Waals surface area contributed by atoms with E-state index in [1.165, 1.54) is 103 Å². The van der Waals surface area contributed by atoms with Gasteiger partial charge in [-0.15, -0.1) is 0 Å². The Morgan fingerprint density at radius 2 is 0.968 bits per heavy atom. The van der Waals surface area contributed by atoms with Crippen LogP contribution in [0.3, 0.4) is 0 Å². The fourth-order valence-electron chi connectivity index (χ4n) is 4.94. The van der Waals surface area contributed by atoms with Gasteiger partial charge in [-0.25, -0.2) is 0 Å². The third-order valence-electron chi connectivity index (χ3n) is 7.05. The molecule has 0 aromatic heterocycles. The van der Waals surface area contributed by atoms with E-state index in [-0.39, 0.29) is 0 Å². The van der Waals surface area contributed by atoms with E-state index in [1.54, 1.807) is 0 Å². The van der Waals surface area contributed by atoms with Crippen molar-refractivity contribution >= 4 is 0 Å². The van der Waals surface area contributed by atoms with E-state index in [2.05, 4.69) is 38.1 Å². The largest absolute Gasteiger partial charge is 0.494 e. The highest BCUT2D eigenvalue weighted by Crippen LogP contribution is 2.34. The van der Waals surface area contributed by atoms with Gasteiger partial charge in [0.1, 0.15) is 11.5 Å². The van der Waals surface area contributed by atoms with Crippen molar-refractivity contribution < 1.29 is 9.47 Å². The molecule has 0 unspecified atom stereocenters. The molecule has 0 atom stereocenters. The fraction of sp³-hybridized carbons (Fsp3) is 0.793. The van der Waals surface area contributed by atoms with Gasteiger partial charge in [0.2, 0.25) is 0 Å². The molecule has 178 valence electrons. The van der Waals surface area contributed by atoms with Crippen molar-refractivity contribution in [1.29, 1.82) is 0 Å². The van der Waals surface area contributed by atoms with Crippen molar-refractivity contribution in [2.24, 2.45) is 11.8 Å². The zero-order chi connectivity index (χ0) is 22.0. The topological polar surface area (TPSA) is 18.5 Å². The molecule has 2 nitrogen and oxygen atoms in total. The second-order valence-electron chi connectivity index (χ2n) is 9.81. The van der Waals surface area contributed by atoms with Crippen LogP contribution in [0, 0.1) is 11.8 Å². The van der Waals surface area contributed by atoms with Crippen molar-refractivity contribution in [2.75, 3.05) is 13.2 Å². The molecule has 1 fully saturated rings. The molecular weight excluding hydrogens is 380 g/mol. The number of ether oxygens (including phenoxy) is 2. The van der Waals surface area contributed by atoms with E-state index in [0.29, 0.717) is 0 Å². The molecular formula is C29H50O2. The lowest BCUT2D eigenvalue weighted by molar-refractivity contribution is 0.228. The summed E-state index contributed by atoms with van der Waals surface area (Å²) in [6.07, 6.45) is 23.3. The summed E-state index contributed by atoms with van der Waals surface area (Å²) in [5.41, 5.74) is 0. The quantitative estimate of drug-likeness (QED) is 0.216. The van der Waals surface area contributed by atoms with Crippen LogP contribution in [-0.4, -0.2) is 13.2 Å². The molecule has 0 amide bonds. The van der Waals surface area contributed by atoms with Gasteiger partial charge >= 0.3 is 0 Å². The Morgan fingerprint density at radius 1 is 0.548 bits per heavy atom. The minimum atomic E-state index is 0.828. The average molecular weight is 431 g/mol. The van der Waals surface area contributed by atoms with E-state index < -0.39 is 0 Å². The summed E-state index contributed by atoms with van der Waals surface area (Å²) in [7, 11) is 0. The summed E-state index contributed by atoms with van der Waals surface area (Å²) >= 11 is 0. The number of unbranched alkanes of at least 4 members (excludes halogenated alkanes) is 8. The van der Waals surface area contributed by atoms with E-state index in [0.717, 1.165) is 43.0 Å². The van der Waals surface area contributed by atoms with Gasteiger partial charge in [0.25, 0.3) is 0 Å². The smallest absolute Gasteiger partial charge is 0.119 e. The van der Waals surface area contributed by atoms with Crippen molar-refractivity contribution in [2.45, 2.75) is 123 Å². The Balaban J connectivity index is 1.46. The van der Waals surface area contributed by atoms with Gasteiger partial charge in [-0.3, -0.25) is 0 Å². The Labute approximate surface area is 193 Å². The lowest BCUT2D eigenvalue weighted by Gasteiger charge is -2.28. The van der Waals surface area contributed by atoms with Gasteiger partial charge in [-0.05, 0) is 55.4 Å². The molecule has 0 aliphatic heterocycles. The van der Waals surface area contributed by atoms with Crippen molar-refractivity contribution in [3.05, 3.63) is 24.3 Å². The van der Waals surface area contributed by atoms with E-state index >= 15 is 0 Å². The van der Waals surface area contributed by atoms with Crippen molar-refractivity contribution in [3.8, 4) is 11.5 Å². The molecule has 0 bridgehead atoms. The van der Waals surface area contributed by atoms with Crippen LogP contribution in [0.4, 0.5) is 0 Å². The normalized spacial score (nSPS) is 18.8. The first-order valence-electron chi connectivity index (χ1n) is 13.7. The molecule has 1 aromatic rings. The minimum Gasteiger partial charge on any atom is -0.494 e. The first kappa shape index (κ1) is 26.1. The summed E-state index contributed by atoms with van der Waals surface area (Å²) in [6.45, 7) is 6.24. The maximum atomic E-state index is 5.97. The summed E-state index contributed by atoms with van der Waals surface area (Å²) in [6, 6.07) is 8.22.